The highest BCUT2D eigenvalue weighted by atomic mass is 19.4. The SMILES string of the molecule is OC1c2cc(NCc3ccc(OC(F)(F)F)cc3)ccc2OCCN1Cc1ccccn1. The number of halogens is 3. The Morgan fingerprint density at radius 1 is 1.12 bits per heavy atom. The van der Waals surface area contributed by atoms with E-state index in [9.17, 15) is 18.3 Å². The lowest BCUT2D eigenvalue weighted by Crippen LogP contribution is -2.30. The molecule has 0 fully saturated rings. The van der Waals surface area contributed by atoms with E-state index in [4.69, 9.17) is 4.74 Å². The second-order valence-corrected chi connectivity index (χ2v) is 7.31. The normalized spacial score (nSPS) is 16.6. The predicted octanol–water partition coefficient (Wildman–Crippen LogP) is 4.48. The fourth-order valence-electron chi connectivity index (χ4n) is 3.46. The van der Waals surface area contributed by atoms with Gasteiger partial charge in [0, 0.05) is 37.1 Å². The van der Waals surface area contributed by atoms with Gasteiger partial charge < -0.3 is 19.9 Å². The Morgan fingerprint density at radius 3 is 2.66 bits per heavy atom. The number of hydrogen-bond donors (Lipinski definition) is 2. The summed E-state index contributed by atoms with van der Waals surface area (Å²) in [6.45, 7) is 1.85. The van der Waals surface area contributed by atoms with Crippen LogP contribution >= 0.6 is 0 Å². The highest BCUT2D eigenvalue weighted by Crippen LogP contribution is 2.33. The van der Waals surface area contributed by atoms with Gasteiger partial charge in [-0.05, 0) is 48.0 Å². The highest BCUT2D eigenvalue weighted by molar-refractivity contribution is 5.52. The van der Waals surface area contributed by atoms with Gasteiger partial charge >= 0.3 is 6.36 Å². The van der Waals surface area contributed by atoms with Gasteiger partial charge in [0.15, 0.2) is 0 Å². The maximum Gasteiger partial charge on any atom is 0.573 e. The minimum Gasteiger partial charge on any atom is -0.492 e. The predicted molar refractivity (Wildman–Crippen MR) is 112 cm³/mol. The highest BCUT2D eigenvalue weighted by Gasteiger charge is 2.31. The van der Waals surface area contributed by atoms with Gasteiger partial charge in [-0.25, -0.2) is 0 Å². The van der Waals surface area contributed by atoms with E-state index >= 15 is 0 Å². The van der Waals surface area contributed by atoms with Gasteiger partial charge in [0.05, 0.1) is 5.69 Å². The molecule has 6 nitrogen and oxygen atoms in total. The molecule has 32 heavy (non-hydrogen) atoms. The number of alkyl halides is 3. The number of benzene rings is 2. The maximum absolute atomic E-state index is 12.3. The maximum atomic E-state index is 12.3. The lowest BCUT2D eigenvalue weighted by molar-refractivity contribution is -0.274. The van der Waals surface area contributed by atoms with E-state index in [0.29, 0.717) is 37.6 Å². The first kappa shape index (κ1) is 21.9. The Hall–Kier alpha value is -3.30. The summed E-state index contributed by atoms with van der Waals surface area (Å²) in [7, 11) is 0. The summed E-state index contributed by atoms with van der Waals surface area (Å²) < 4.78 is 46.6. The summed E-state index contributed by atoms with van der Waals surface area (Å²) in [5.41, 5.74) is 3.02. The Bertz CT molecular complexity index is 1030. The number of ether oxygens (including phenoxy) is 2. The largest absolute Gasteiger partial charge is 0.573 e. The average molecular weight is 445 g/mol. The minimum absolute atomic E-state index is 0.264. The molecule has 0 bridgehead atoms. The molecular weight excluding hydrogens is 423 g/mol. The molecule has 0 aliphatic carbocycles. The van der Waals surface area contributed by atoms with E-state index in [2.05, 4.69) is 15.0 Å². The summed E-state index contributed by atoms with van der Waals surface area (Å²) in [6.07, 6.45) is -3.86. The number of nitrogens with zero attached hydrogens (tertiary/aromatic N) is 2. The summed E-state index contributed by atoms with van der Waals surface area (Å²) in [6, 6.07) is 16.8. The quantitative estimate of drug-likeness (QED) is 0.583. The second kappa shape index (κ2) is 9.46. The molecule has 2 heterocycles. The fourth-order valence-corrected chi connectivity index (χ4v) is 3.46. The zero-order valence-electron chi connectivity index (χ0n) is 17.0. The second-order valence-electron chi connectivity index (χ2n) is 7.31. The molecule has 0 saturated heterocycles. The molecule has 0 amide bonds. The number of pyridine rings is 1. The Labute approximate surface area is 183 Å². The van der Waals surface area contributed by atoms with Crippen LogP contribution in [-0.2, 0) is 13.1 Å². The summed E-state index contributed by atoms with van der Waals surface area (Å²) in [5.74, 6) is 0.347. The third-order valence-corrected chi connectivity index (χ3v) is 5.01. The van der Waals surface area contributed by atoms with Gasteiger partial charge in [-0.15, -0.1) is 13.2 Å². The summed E-state index contributed by atoms with van der Waals surface area (Å²) >= 11 is 0. The fraction of sp³-hybridized carbons (Fsp3) is 0.261. The van der Waals surface area contributed by atoms with Gasteiger partial charge in [-0.1, -0.05) is 18.2 Å². The molecular formula is C23H22F3N3O3. The number of anilines is 1. The molecule has 1 atom stereocenters. The Kier molecular flexibility index (Phi) is 6.48. The van der Waals surface area contributed by atoms with Crippen molar-refractivity contribution in [1.82, 2.24) is 9.88 Å². The zero-order valence-corrected chi connectivity index (χ0v) is 17.0. The number of hydrogen-bond acceptors (Lipinski definition) is 6. The van der Waals surface area contributed by atoms with Crippen LogP contribution in [0.5, 0.6) is 11.5 Å². The molecule has 1 unspecified atom stereocenters. The molecule has 1 aliphatic rings. The van der Waals surface area contributed by atoms with E-state index in [1.807, 2.05) is 35.2 Å². The molecule has 168 valence electrons. The van der Waals surface area contributed by atoms with Crippen LogP contribution in [0.4, 0.5) is 18.9 Å². The van der Waals surface area contributed by atoms with E-state index in [0.717, 1.165) is 16.9 Å². The van der Waals surface area contributed by atoms with Crippen LogP contribution in [-0.4, -0.2) is 34.5 Å². The number of nitrogens with one attached hydrogen (secondary N) is 1. The summed E-state index contributed by atoms with van der Waals surface area (Å²) in [5, 5.41) is 14.2. The number of rotatable bonds is 6. The minimum atomic E-state index is -4.71. The Balaban J connectivity index is 1.43. The van der Waals surface area contributed by atoms with Gasteiger partial charge in [0.2, 0.25) is 0 Å². The first-order chi connectivity index (χ1) is 15.4. The van der Waals surface area contributed by atoms with E-state index < -0.39 is 12.6 Å². The molecule has 4 rings (SSSR count). The van der Waals surface area contributed by atoms with Crippen LogP contribution in [0.1, 0.15) is 23.0 Å². The third kappa shape index (κ3) is 5.68. The molecule has 2 N–H and O–H groups in total. The van der Waals surface area contributed by atoms with Crippen molar-refractivity contribution >= 4 is 5.69 Å². The first-order valence-corrected chi connectivity index (χ1v) is 10.0. The van der Waals surface area contributed by atoms with Crippen LogP contribution < -0.4 is 14.8 Å². The van der Waals surface area contributed by atoms with Crippen LogP contribution in [0, 0.1) is 0 Å². The van der Waals surface area contributed by atoms with Gasteiger partial charge in [-0.2, -0.15) is 0 Å². The van der Waals surface area contributed by atoms with Crippen LogP contribution in [0.15, 0.2) is 66.9 Å². The first-order valence-electron chi connectivity index (χ1n) is 10.0. The van der Waals surface area contributed by atoms with Crippen molar-refractivity contribution in [3.63, 3.8) is 0 Å². The molecule has 9 heteroatoms. The Morgan fingerprint density at radius 2 is 1.94 bits per heavy atom. The standard InChI is InChI=1S/C23H22F3N3O3/c24-23(25,26)32-19-7-4-16(5-8-19)14-28-17-6-9-21-20(13-17)22(30)29(11-12-31-21)15-18-3-1-2-10-27-18/h1-10,13,22,28,30H,11-12,14-15H2. The molecule has 1 aliphatic heterocycles. The van der Waals surface area contributed by atoms with Crippen LogP contribution in [0.3, 0.4) is 0 Å². The van der Waals surface area contributed by atoms with Crippen molar-refractivity contribution in [2.24, 2.45) is 0 Å². The lowest BCUT2D eigenvalue weighted by Gasteiger charge is -2.25. The van der Waals surface area contributed by atoms with Crippen molar-refractivity contribution in [3.05, 3.63) is 83.7 Å². The molecule has 0 spiro atoms. The number of fused-ring (bicyclic) bond motifs is 1. The molecule has 2 aromatic carbocycles. The molecule has 1 aromatic heterocycles. The van der Waals surface area contributed by atoms with Crippen molar-refractivity contribution in [1.29, 1.82) is 0 Å². The van der Waals surface area contributed by atoms with Crippen molar-refractivity contribution in [2.75, 3.05) is 18.5 Å². The lowest BCUT2D eigenvalue weighted by atomic mass is 10.1. The topological polar surface area (TPSA) is 66.8 Å². The number of aliphatic hydroxyl groups excluding tert-OH is 1. The molecule has 0 radical (unpaired) electrons. The average Bonchev–Trinajstić information content (AvgIpc) is 2.92. The van der Waals surface area contributed by atoms with Crippen molar-refractivity contribution < 1.29 is 27.8 Å². The van der Waals surface area contributed by atoms with Gasteiger partial charge in [-0.3, -0.25) is 9.88 Å². The number of aromatic nitrogens is 1. The number of aliphatic hydroxyl groups is 1. The van der Waals surface area contributed by atoms with Gasteiger partial charge in [0.1, 0.15) is 24.3 Å². The smallest absolute Gasteiger partial charge is 0.492 e. The molecule has 0 saturated carbocycles. The van der Waals surface area contributed by atoms with Crippen LogP contribution in [0.25, 0.3) is 0 Å². The summed E-state index contributed by atoms with van der Waals surface area (Å²) in [4.78, 5) is 6.21. The van der Waals surface area contributed by atoms with Crippen LogP contribution in [0.2, 0.25) is 0 Å². The van der Waals surface area contributed by atoms with E-state index in [1.165, 1.54) is 12.1 Å². The van der Waals surface area contributed by atoms with Crippen molar-refractivity contribution in [2.45, 2.75) is 25.7 Å². The van der Waals surface area contributed by atoms with Crippen molar-refractivity contribution in [3.8, 4) is 11.5 Å². The zero-order chi connectivity index (χ0) is 22.6. The van der Waals surface area contributed by atoms with E-state index in [-0.39, 0.29) is 5.75 Å². The molecule has 3 aromatic rings. The monoisotopic (exact) mass is 445 g/mol. The van der Waals surface area contributed by atoms with Gasteiger partial charge in [0.25, 0.3) is 0 Å². The third-order valence-electron chi connectivity index (χ3n) is 5.01. The van der Waals surface area contributed by atoms with E-state index in [1.54, 1.807) is 24.4 Å².